The number of rotatable bonds is 5. The van der Waals surface area contributed by atoms with Crippen molar-refractivity contribution >= 4 is 11.0 Å². The highest BCUT2D eigenvalue weighted by atomic mass is 19.3. The van der Waals surface area contributed by atoms with Crippen molar-refractivity contribution in [3.05, 3.63) is 117 Å². The van der Waals surface area contributed by atoms with Crippen molar-refractivity contribution in [1.29, 1.82) is 0 Å². The third kappa shape index (κ3) is 9.07. The van der Waals surface area contributed by atoms with Gasteiger partial charge in [0, 0.05) is 23.9 Å². The minimum absolute atomic E-state index is 0.182. The van der Waals surface area contributed by atoms with Gasteiger partial charge in [0.1, 0.15) is 5.58 Å². The molecule has 0 N–H and O–H groups in total. The molecule has 4 heteroatoms. The van der Waals surface area contributed by atoms with Crippen LogP contribution in [0.3, 0.4) is 0 Å². The maximum absolute atomic E-state index is 13.8. The van der Waals surface area contributed by atoms with E-state index in [1.807, 2.05) is 31.2 Å². The number of halogens is 2. The van der Waals surface area contributed by atoms with Crippen LogP contribution in [0.15, 0.2) is 82.0 Å². The van der Waals surface area contributed by atoms with E-state index in [1.165, 1.54) is 36.0 Å². The van der Waals surface area contributed by atoms with Gasteiger partial charge in [-0.15, -0.1) is 0 Å². The lowest BCUT2D eigenvalue weighted by Crippen LogP contribution is -2.12. The Morgan fingerprint density at radius 2 is 1.25 bits per heavy atom. The van der Waals surface area contributed by atoms with Crippen LogP contribution in [0.5, 0.6) is 0 Å². The molecule has 0 aliphatic rings. The minimum atomic E-state index is -3.10. The zero-order valence-electron chi connectivity index (χ0n) is 22.3. The van der Waals surface area contributed by atoms with Crippen molar-refractivity contribution in [1.82, 2.24) is 0 Å². The summed E-state index contributed by atoms with van der Waals surface area (Å²) >= 11 is 0. The molecule has 0 amide bonds. The van der Waals surface area contributed by atoms with Crippen LogP contribution < -0.4 is 5.63 Å². The second-order valence-electron chi connectivity index (χ2n) is 9.30. The first-order valence-corrected chi connectivity index (χ1v) is 12.6. The average Bonchev–Trinajstić information content (AvgIpc) is 2.82. The Morgan fingerprint density at radius 1 is 0.750 bits per heavy atom. The molecule has 0 aliphatic heterocycles. The van der Waals surface area contributed by atoms with Gasteiger partial charge in [-0.05, 0) is 55.5 Å². The summed E-state index contributed by atoms with van der Waals surface area (Å²) in [4.78, 5) is 11.5. The zero-order valence-corrected chi connectivity index (χ0v) is 22.3. The summed E-state index contributed by atoms with van der Waals surface area (Å²) in [5, 5.41) is 0.279. The second kappa shape index (κ2) is 13.7. The van der Waals surface area contributed by atoms with E-state index in [1.54, 1.807) is 18.2 Å². The summed E-state index contributed by atoms with van der Waals surface area (Å²) in [6.07, 6.45) is 4.33. The lowest BCUT2D eigenvalue weighted by Gasteiger charge is -2.13. The molecule has 2 nitrogen and oxygen atoms in total. The first-order valence-electron chi connectivity index (χ1n) is 12.6. The molecule has 36 heavy (non-hydrogen) atoms. The Bertz CT molecular complexity index is 1270. The van der Waals surface area contributed by atoms with Crippen molar-refractivity contribution < 1.29 is 13.2 Å². The van der Waals surface area contributed by atoms with Gasteiger partial charge in [0.05, 0.1) is 0 Å². The van der Waals surface area contributed by atoms with Crippen LogP contribution in [0.2, 0.25) is 0 Å². The Morgan fingerprint density at radius 3 is 1.75 bits per heavy atom. The van der Waals surface area contributed by atoms with Gasteiger partial charge in [-0.25, -0.2) is 13.6 Å². The third-order valence-electron chi connectivity index (χ3n) is 5.47. The highest BCUT2D eigenvalue weighted by molar-refractivity contribution is 5.81. The zero-order chi connectivity index (χ0) is 26.7. The fraction of sp³-hybridized carbons (Fsp3) is 0.344. The van der Waals surface area contributed by atoms with Crippen LogP contribution in [0.25, 0.3) is 11.0 Å². The molecule has 0 fully saturated rings. The molecule has 3 aromatic carbocycles. The number of alkyl halides is 2. The molecular weight excluding hydrogens is 454 g/mol. The van der Waals surface area contributed by atoms with E-state index in [4.69, 9.17) is 4.42 Å². The lowest BCUT2D eigenvalue weighted by atomic mass is 9.99. The Balaban J connectivity index is 0.000000292. The first-order chi connectivity index (χ1) is 17.1. The van der Waals surface area contributed by atoms with Gasteiger partial charge in [0.2, 0.25) is 0 Å². The Hall–Kier alpha value is -3.27. The average molecular weight is 493 g/mol. The maximum atomic E-state index is 13.8. The van der Waals surface area contributed by atoms with Crippen molar-refractivity contribution in [2.45, 2.75) is 73.1 Å². The summed E-state index contributed by atoms with van der Waals surface area (Å²) in [5.74, 6) is -3.10. The third-order valence-corrected chi connectivity index (χ3v) is 5.47. The fourth-order valence-corrected chi connectivity index (χ4v) is 3.67. The van der Waals surface area contributed by atoms with Crippen LogP contribution in [-0.4, -0.2) is 0 Å². The van der Waals surface area contributed by atoms with Crippen molar-refractivity contribution in [2.75, 3.05) is 0 Å². The molecule has 0 radical (unpaired) electrons. The van der Waals surface area contributed by atoms with E-state index in [-0.39, 0.29) is 16.5 Å². The van der Waals surface area contributed by atoms with Crippen LogP contribution in [0.4, 0.5) is 8.78 Å². The van der Waals surface area contributed by atoms with Crippen LogP contribution >= 0.6 is 0 Å². The predicted molar refractivity (Wildman–Crippen MR) is 147 cm³/mol. The van der Waals surface area contributed by atoms with E-state index >= 15 is 0 Å². The minimum Gasteiger partial charge on any atom is -0.423 e. The standard InChI is InChI=1S/C19H16F2O2.C10H14.C3H8/c1-12-3-5-13(6-4-12)9-14-7-8-17-15(10-14)16(19(2,20)21)11-18(22)23-17;1-3-4-10-7-5-9(2)6-8-10;1-3-2/h3-8,10-11H,9H2,1-2H3;5-8H,3-4H2,1-2H3;3H2,1-2H3. The highest BCUT2D eigenvalue weighted by Gasteiger charge is 2.28. The first kappa shape index (κ1) is 29.0. The van der Waals surface area contributed by atoms with Gasteiger partial charge in [0.15, 0.2) is 0 Å². The lowest BCUT2D eigenvalue weighted by molar-refractivity contribution is 0.0186. The van der Waals surface area contributed by atoms with E-state index in [9.17, 15) is 13.6 Å². The van der Waals surface area contributed by atoms with Crippen LogP contribution in [0, 0.1) is 13.8 Å². The van der Waals surface area contributed by atoms with Crippen LogP contribution in [-0.2, 0) is 18.8 Å². The largest absolute Gasteiger partial charge is 0.423 e. The smallest absolute Gasteiger partial charge is 0.336 e. The summed E-state index contributed by atoms with van der Waals surface area (Å²) in [6.45, 7) is 11.4. The highest BCUT2D eigenvalue weighted by Crippen LogP contribution is 2.32. The monoisotopic (exact) mass is 492 g/mol. The molecule has 4 rings (SSSR count). The Labute approximate surface area is 214 Å². The predicted octanol–water partition coefficient (Wildman–Crippen LogP) is 9.17. The van der Waals surface area contributed by atoms with Crippen LogP contribution in [0.1, 0.15) is 73.9 Å². The molecule has 192 valence electrons. The van der Waals surface area contributed by atoms with E-state index in [2.05, 4.69) is 52.0 Å². The number of aryl methyl sites for hydroxylation is 3. The van der Waals surface area contributed by atoms with Gasteiger partial charge in [0.25, 0.3) is 5.92 Å². The molecule has 1 heterocycles. The number of benzene rings is 3. The molecule has 1 aromatic heterocycles. The van der Waals surface area contributed by atoms with Crippen molar-refractivity contribution in [3.8, 4) is 0 Å². The van der Waals surface area contributed by atoms with Gasteiger partial charge in [-0.2, -0.15) is 0 Å². The van der Waals surface area contributed by atoms with E-state index < -0.39 is 11.5 Å². The number of hydrogen-bond donors (Lipinski definition) is 0. The molecule has 0 unspecified atom stereocenters. The molecule has 0 atom stereocenters. The maximum Gasteiger partial charge on any atom is 0.336 e. The summed E-state index contributed by atoms with van der Waals surface area (Å²) < 4.78 is 32.6. The van der Waals surface area contributed by atoms with Gasteiger partial charge in [-0.1, -0.05) is 99.3 Å². The fourth-order valence-electron chi connectivity index (χ4n) is 3.67. The molecule has 0 saturated heterocycles. The van der Waals surface area contributed by atoms with E-state index in [0.717, 1.165) is 24.1 Å². The summed E-state index contributed by atoms with van der Waals surface area (Å²) in [6, 6.07) is 22.7. The summed E-state index contributed by atoms with van der Waals surface area (Å²) in [5.41, 5.74) is 5.07. The number of fused-ring (bicyclic) bond motifs is 1. The molecular formula is C32H38F2O2. The summed E-state index contributed by atoms with van der Waals surface area (Å²) in [7, 11) is 0. The molecule has 0 saturated carbocycles. The Kier molecular flexibility index (Phi) is 11.0. The molecule has 0 spiro atoms. The van der Waals surface area contributed by atoms with Gasteiger partial charge in [-0.3, -0.25) is 0 Å². The molecule has 0 bridgehead atoms. The molecule has 0 aliphatic carbocycles. The molecule has 4 aromatic rings. The van der Waals surface area contributed by atoms with Crippen molar-refractivity contribution in [3.63, 3.8) is 0 Å². The quantitative estimate of drug-likeness (QED) is 0.260. The number of hydrogen-bond acceptors (Lipinski definition) is 2. The van der Waals surface area contributed by atoms with Crippen molar-refractivity contribution in [2.24, 2.45) is 0 Å². The topological polar surface area (TPSA) is 30.2 Å². The van der Waals surface area contributed by atoms with E-state index in [0.29, 0.717) is 6.42 Å². The normalized spacial score (nSPS) is 10.8. The van der Waals surface area contributed by atoms with Gasteiger partial charge < -0.3 is 4.42 Å². The second-order valence-corrected chi connectivity index (χ2v) is 9.30. The van der Waals surface area contributed by atoms with Gasteiger partial charge >= 0.3 is 5.63 Å². The SMILES string of the molecule is CCC.CCCc1ccc(C)cc1.Cc1ccc(Cc2ccc3oc(=O)cc(C(C)(F)F)c3c2)cc1.